The van der Waals surface area contributed by atoms with Crippen molar-refractivity contribution >= 4 is 0 Å². The van der Waals surface area contributed by atoms with Crippen LogP contribution in [0, 0.1) is 5.82 Å². The maximum Gasteiger partial charge on any atom is 0.246 e. The smallest absolute Gasteiger partial charge is 0.246 e. The van der Waals surface area contributed by atoms with Gasteiger partial charge in [-0.3, -0.25) is 0 Å². The molecule has 1 atom stereocenters. The predicted octanol–water partition coefficient (Wildman–Crippen LogP) is 0.876. The molecule has 96 valence electrons. The standard InChI is InChI=1S/C11H12FN3O3/c1-17-9-4-6(2-3-7(9)12)10-14-11(18-15-10)8(13)5-16/h2-4,8,16H,5,13H2,1H3/t8-/m1/s1. The van der Waals surface area contributed by atoms with Gasteiger partial charge in [-0.2, -0.15) is 4.98 Å². The number of hydrogen-bond donors (Lipinski definition) is 2. The summed E-state index contributed by atoms with van der Waals surface area (Å²) in [5.74, 6) is -0.00896. The van der Waals surface area contributed by atoms with Crippen molar-refractivity contribution in [1.29, 1.82) is 0 Å². The molecule has 1 aromatic carbocycles. The van der Waals surface area contributed by atoms with Crippen LogP contribution in [0.2, 0.25) is 0 Å². The van der Waals surface area contributed by atoms with Gasteiger partial charge >= 0.3 is 0 Å². The van der Waals surface area contributed by atoms with Gasteiger partial charge in [0.2, 0.25) is 11.7 Å². The molecule has 0 aliphatic carbocycles. The molecule has 0 saturated carbocycles. The fourth-order valence-electron chi connectivity index (χ4n) is 1.38. The summed E-state index contributed by atoms with van der Waals surface area (Å²) < 4.78 is 23.0. The van der Waals surface area contributed by atoms with E-state index in [-0.39, 0.29) is 24.1 Å². The number of rotatable bonds is 4. The minimum atomic E-state index is -0.728. The second-order valence-corrected chi connectivity index (χ2v) is 3.59. The Morgan fingerprint density at radius 1 is 1.56 bits per heavy atom. The van der Waals surface area contributed by atoms with E-state index in [1.165, 1.54) is 25.3 Å². The lowest BCUT2D eigenvalue weighted by Gasteiger charge is -2.02. The summed E-state index contributed by atoms with van der Waals surface area (Å²) >= 11 is 0. The van der Waals surface area contributed by atoms with Gasteiger partial charge in [0.15, 0.2) is 11.6 Å². The molecule has 6 nitrogen and oxygen atoms in total. The number of ether oxygens (including phenoxy) is 1. The number of aliphatic hydroxyl groups excluding tert-OH is 1. The Labute approximate surface area is 102 Å². The minimum Gasteiger partial charge on any atom is -0.494 e. The highest BCUT2D eigenvalue weighted by Crippen LogP contribution is 2.24. The molecule has 0 spiro atoms. The van der Waals surface area contributed by atoms with Crippen LogP contribution in [0.15, 0.2) is 22.7 Å². The van der Waals surface area contributed by atoms with Crippen molar-refractivity contribution in [2.75, 3.05) is 13.7 Å². The number of nitrogens with two attached hydrogens (primary N) is 1. The Bertz CT molecular complexity index is 544. The third kappa shape index (κ3) is 2.31. The Hall–Kier alpha value is -1.99. The van der Waals surface area contributed by atoms with Gasteiger partial charge in [-0.05, 0) is 18.2 Å². The van der Waals surface area contributed by atoms with Crippen molar-refractivity contribution in [2.45, 2.75) is 6.04 Å². The third-order valence-corrected chi connectivity index (χ3v) is 2.36. The summed E-state index contributed by atoms with van der Waals surface area (Å²) in [6.45, 7) is -0.297. The van der Waals surface area contributed by atoms with E-state index in [9.17, 15) is 4.39 Å². The molecule has 0 amide bonds. The normalized spacial score (nSPS) is 12.4. The summed E-state index contributed by atoms with van der Waals surface area (Å²) in [5.41, 5.74) is 6.07. The molecule has 2 aromatic rings. The van der Waals surface area contributed by atoms with Crippen LogP contribution < -0.4 is 10.5 Å². The van der Waals surface area contributed by atoms with E-state index in [1.807, 2.05) is 0 Å². The molecular formula is C11H12FN3O3. The fourth-order valence-corrected chi connectivity index (χ4v) is 1.38. The van der Waals surface area contributed by atoms with Crippen molar-refractivity contribution in [3.8, 4) is 17.1 Å². The molecule has 0 unspecified atom stereocenters. The highest BCUT2D eigenvalue weighted by atomic mass is 19.1. The van der Waals surface area contributed by atoms with E-state index < -0.39 is 11.9 Å². The van der Waals surface area contributed by atoms with Crippen LogP contribution in [0.25, 0.3) is 11.4 Å². The van der Waals surface area contributed by atoms with Crippen LogP contribution in [0.1, 0.15) is 11.9 Å². The zero-order valence-corrected chi connectivity index (χ0v) is 9.63. The lowest BCUT2D eigenvalue weighted by atomic mass is 10.2. The quantitative estimate of drug-likeness (QED) is 0.839. The summed E-state index contributed by atoms with van der Waals surface area (Å²) in [5, 5.41) is 12.6. The number of hydrogen-bond acceptors (Lipinski definition) is 6. The van der Waals surface area contributed by atoms with Gasteiger partial charge in [-0.15, -0.1) is 0 Å². The first kappa shape index (κ1) is 12.5. The van der Waals surface area contributed by atoms with Gasteiger partial charge < -0.3 is 20.1 Å². The van der Waals surface area contributed by atoms with Crippen LogP contribution in [0.4, 0.5) is 4.39 Å². The SMILES string of the molecule is COc1cc(-c2noc([C@H](N)CO)n2)ccc1F. The largest absolute Gasteiger partial charge is 0.494 e. The molecular weight excluding hydrogens is 241 g/mol. The predicted molar refractivity (Wildman–Crippen MR) is 60.3 cm³/mol. The number of nitrogens with zero attached hydrogens (tertiary/aromatic N) is 2. The Balaban J connectivity index is 2.34. The monoisotopic (exact) mass is 253 g/mol. The summed E-state index contributed by atoms with van der Waals surface area (Å²) in [7, 11) is 1.37. The molecule has 1 heterocycles. The Kier molecular flexibility index (Phi) is 3.54. The van der Waals surface area contributed by atoms with Gasteiger partial charge in [0.1, 0.15) is 6.04 Å². The lowest BCUT2D eigenvalue weighted by Crippen LogP contribution is -2.14. The molecule has 7 heteroatoms. The van der Waals surface area contributed by atoms with Gasteiger partial charge in [0.05, 0.1) is 13.7 Å². The molecule has 0 saturated heterocycles. The fraction of sp³-hybridized carbons (Fsp3) is 0.273. The minimum absolute atomic E-state index is 0.0882. The maximum atomic E-state index is 13.2. The third-order valence-electron chi connectivity index (χ3n) is 2.36. The first-order valence-corrected chi connectivity index (χ1v) is 5.19. The van der Waals surface area contributed by atoms with Crippen LogP contribution in [-0.4, -0.2) is 29.0 Å². The second kappa shape index (κ2) is 5.11. The summed E-state index contributed by atoms with van der Waals surface area (Å²) in [4.78, 5) is 4.02. The number of aliphatic hydroxyl groups is 1. The van der Waals surface area contributed by atoms with Crippen molar-refractivity contribution in [2.24, 2.45) is 5.73 Å². The van der Waals surface area contributed by atoms with E-state index in [0.717, 1.165) is 0 Å². The molecule has 0 aliphatic rings. The molecule has 18 heavy (non-hydrogen) atoms. The van der Waals surface area contributed by atoms with Crippen LogP contribution in [0.3, 0.4) is 0 Å². The van der Waals surface area contributed by atoms with Crippen molar-refractivity contribution in [3.05, 3.63) is 29.9 Å². The van der Waals surface area contributed by atoms with Crippen LogP contribution >= 0.6 is 0 Å². The van der Waals surface area contributed by atoms with Crippen molar-refractivity contribution in [3.63, 3.8) is 0 Å². The van der Waals surface area contributed by atoms with E-state index in [0.29, 0.717) is 5.56 Å². The number of methoxy groups -OCH3 is 1. The van der Waals surface area contributed by atoms with E-state index in [4.69, 9.17) is 20.1 Å². The first-order chi connectivity index (χ1) is 8.65. The zero-order valence-electron chi connectivity index (χ0n) is 9.63. The topological polar surface area (TPSA) is 94.4 Å². The van der Waals surface area contributed by atoms with Gasteiger partial charge in [0.25, 0.3) is 0 Å². The number of benzene rings is 1. The van der Waals surface area contributed by atoms with Crippen LogP contribution in [0.5, 0.6) is 5.75 Å². The molecule has 2 rings (SSSR count). The number of aromatic nitrogens is 2. The average molecular weight is 253 g/mol. The highest BCUT2D eigenvalue weighted by molar-refractivity contribution is 5.57. The molecule has 0 radical (unpaired) electrons. The van der Waals surface area contributed by atoms with Gasteiger partial charge in [-0.25, -0.2) is 4.39 Å². The summed E-state index contributed by atoms with van der Waals surface area (Å²) in [6.07, 6.45) is 0. The van der Waals surface area contributed by atoms with E-state index >= 15 is 0 Å². The second-order valence-electron chi connectivity index (χ2n) is 3.59. The molecule has 3 N–H and O–H groups in total. The Morgan fingerprint density at radius 3 is 3.00 bits per heavy atom. The molecule has 1 aromatic heterocycles. The van der Waals surface area contributed by atoms with Crippen molar-refractivity contribution < 1.29 is 18.8 Å². The average Bonchev–Trinajstić information content (AvgIpc) is 2.88. The maximum absolute atomic E-state index is 13.2. The highest BCUT2D eigenvalue weighted by Gasteiger charge is 2.15. The summed E-state index contributed by atoms with van der Waals surface area (Å²) in [6, 6.07) is 3.47. The molecule has 0 fully saturated rings. The van der Waals surface area contributed by atoms with E-state index in [2.05, 4.69) is 10.1 Å². The first-order valence-electron chi connectivity index (χ1n) is 5.19. The van der Waals surface area contributed by atoms with Gasteiger partial charge in [-0.1, -0.05) is 5.16 Å². The van der Waals surface area contributed by atoms with Crippen molar-refractivity contribution in [1.82, 2.24) is 10.1 Å². The van der Waals surface area contributed by atoms with Crippen LogP contribution in [-0.2, 0) is 0 Å². The molecule has 0 aliphatic heterocycles. The molecule has 0 bridgehead atoms. The Morgan fingerprint density at radius 2 is 2.33 bits per heavy atom. The van der Waals surface area contributed by atoms with E-state index in [1.54, 1.807) is 0 Å². The number of halogens is 1. The van der Waals surface area contributed by atoms with Gasteiger partial charge in [0, 0.05) is 5.56 Å². The lowest BCUT2D eigenvalue weighted by molar-refractivity contribution is 0.237. The zero-order chi connectivity index (χ0) is 13.1.